The van der Waals surface area contributed by atoms with Gasteiger partial charge in [0.2, 0.25) is 5.91 Å². The minimum atomic E-state index is -4.80. The molecule has 1 amide bonds. The number of alkyl halides is 3. The molecule has 2 aromatic heterocycles. The fraction of sp³-hybridized carbons (Fsp3) is 0.405. The number of carbonyl (C=O) groups is 2. The van der Waals surface area contributed by atoms with E-state index in [0.717, 1.165) is 63.4 Å². The van der Waals surface area contributed by atoms with Gasteiger partial charge in [-0.2, -0.15) is 18.3 Å². The Kier molecular flexibility index (Phi) is 10.4. The summed E-state index contributed by atoms with van der Waals surface area (Å²) in [6, 6.07) is 6.58. The second-order valence-corrected chi connectivity index (χ2v) is 13.3. The van der Waals surface area contributed by atoms with E-state index in [-0.39, 0.29) is 36.7 Å². The van der Waals surface area contributed by atoms with Crippen molar-refractivity contribution in [1.29, 1.82) is 0 Å². The van der Waals surface area contributed by atoms with Crippen LogP contribution in [0.3, 0.4) is 0 Å². The lowest BCUT2D eigenvalue weighted by molar-refractivity contribution is -0.139. The number of aliphatic carboxylic acids is 1. The number of halogens is 4. The molecule has 0 fully saturated rings. The van der Waals surface area contributed by atoms with Gasteiger partial charge >= 0.3 is 12.1 Å². The molecule has 260 valence electrons. The minimum absolute atomic E-state index is 0.103. The van der Waals surface area contributed by atoms with E-state index in [1.165, 1.54) is 23.0 Å². The van der Waals surface area contributed by atoms with Gasteiger partial charge in [-0.15, -0.1) is 0 Å². The van der Waals surface area contributed by atoms with Gasteiger partial charge in [0.05, 0.1) is 18.0 Å². The van der Waals surface area contributed by atoms with Gasteiger partial charge in [0, 0.05) is 31.2 Å². The Labute approximate surface area is 281 Å². The summed E-state index contributed by atoms with van der Waals surface area (Å²) in [5.74, 6) is -2.36. The van der Waals surface area contributed by atoms with Crippen molar-refractivity contribution in [2.45, 2.75) is 91.0 Å². The number of pyridine rings is 1. The molecule has 0 bridgehead atoms. The highest BCUT2D eigenvalue weighted by Crippen LogP contribution is 2.39. The third-order valence-electron chi connectivity index (χ3n) is 9.07. The summed E-state index contributed by atoms with van der Waals surface area (Å²) >= 11 is 0. The Balaban J connectivity index is 1.56. The fourth-order valence-electron chi connectivity index (χ4n) is 6.94. The van der Waals surface area contributed by atoms with Crippen LogP contribution in [-0.2, 0) is 41.6 Å². The maximum absolute atomic E-state index is 14.2. The summed E-state index contributed by atoms with van der Waals surface area (Å²) in [5.41, 5.74) is 3.56. The molecule has 2 heterocycles. The molecule has 0 saturated carbocycles. The summed E-state index contributed by atoms with van der Waals surface area (Å²) in [6.07, 6.45) is 1.39. The number of aryl methyl sites for hydroxylation is 5. The lowest BCUT2D eigenvalue weighted by Gasteiger charge is -2.27. The van der Waals surface area contributed by atoms with E-state index in [0.29, 0.717) is 11.6 Å². The maximum Gasteiger partial charge on any atom is 0.416 e. The molecule has 0 saturated heterocycles. The predicted octanol–water partition coefficient (Wildman–Crippen LogP) is 7.14. The largest absolute Gasteiger partial charge is 0.481 e. The summed E-state index contributed by atoms with van der Waals surface area (Å²) in [5, 5.41) is 16.8. The summed E-state index contributed by atoms with van der Waals surface area (Å²) in [6.45, 7) is 7.39. The Bertz CT molecular complexity index is 1890. The van der Waals surface area contributed by atoms with E-state index < -0.39 is 47.7 Å². The zero-order valence-corrected chi connectivity index (χ0v) is 27.9. The highest BCUT2D eigenvalue weighted by Gasteiger charge is 2.36. The van der Waals surface area contributed by atoms with Crippen molar-refractivity contribution in [2.24, 2.45) is 5.92 Å². The Morgan fingerprint density at radius 2 is 1.78 bits per heavy atom. The lowest BCUT2D eigenvalue weighted by Crippen LogP contribution is -2.40. The lowest BCUT2D eigenvalue weighted by atomic mass is 9.87. The van der Waals surface area contributed by atoms with Crippen LogP contribution in [0.15, 0.2) is 59.8 Å². The molecule has 0 aliphatic heterocycles. The van der Waals surface area contributed by atoms with Crippen LogP contribution in [0.4, 0.5) is 17.6 Å². The molecule has 2 atom stereocenters. The molecule has 4 aromatic rings. The van der Waals surface area contributed by atoms with Crippen molar-refractivity contribution < 1.29 is 32.3 Å². The quantitative estimate of drug-likeness (QED) is 0.155. The normalized spacial score (nSPS) is 14.1. The second kappa shape index (κ2) is 14.4. The van der Waals surface area contributed by atoms with Gasteiger partial charge in [-0.3, -0.25) is 19.1 Å². The van der Waals surface area contributed by atoms with Crippen LogP contribution in [-0.4, -0.2) is 31.3 Å². The monoisotopic (exact) mass is 680 g/mol. The van der Waals surface area contributed by atoms with Gasteiger partial charge in [-0.25, -0.2) is 4.39 Å². The first kappa shape index (κ1) is 35.6. The molecule has 1 aliphatic rings. The van der Waals surface area contributed by atoms with Crippen molar-refractivity contribution in [3.05, 3.63) is 110 Å². The highest BCUT2D eigenvalue weighted by molar-refractivity contribution is 5.82. The van der Waals surface area contributed by atoms with Gasteiger partial charge in [0.1, 0.15) is 11.9 Å². The van der Waals surface area contributed by atoms with Crippen LogP contribution < -0.4 is 10.9 Å². The maximum atomic E-state index is 14.2. The number of carboxylic acids is 1. The van der Waals surface area contributed by atoms with Crippen molar-refractivity contribution in [1.82, 2.24) is 19.7 Å². The van der Waals surface area contributed by atoms with E-state index in [1.807, 2.05) is 39.8 Å². The van der Waals surface area contributed by atoms with Crippen molar-refractivity contribution in [2.75, 3.05) is 0 Å². The van der Waals surface area contributed by atoms with Gasteiger partial charge < -0.3 is 15.0 Å². The first-order chi connectivity index (χ1) is 23.1. The number of carbonyl (C=O) groups excluding carboxylic acids is 1. The van der Waals surface area contributed by atoms with Gasteiger partial charge in [0.15, 0.2) is 0 Å². The van der Waals surface area contributed by atoms with Crippen molar-refractivity contribution >= 4 is 11.9 Å². The molecule has 12 heteroatoms. The Morgan fingerprint density at radius 3 is 2.39 bits per heavy atom. The van der Waals surface area contributed by atoms with E-state index in [1.54, 1.807) is 12.3 Å². The molecule has 0 radical (unpaired) electrons. The molecule has 2 N–H and O–H groups in total. The van der Waals surface area contributed by atoms with Crippen molar-refractivity contribution in [3.63, 3.8) is 0 Å². The Morgan fingerprint density at radius 1 is 1.06 bits per heavy atom. The SMILES string of the molecule is Cc1cc(F)cc(C)c1-c1cc([C@@H](CC(=O)O)NC(=O)[C@@H](CC(C)C)n2cc(CCn3cccn3)c(C(F)(F)F)cc2=O)cc2c1CCC2. The number of nitrogens with one attached hydrogen (secondary N) is 1. The molecule has 0 spiro atoms. The van der Waals surface area contributed by atoms with E-state index in [4.69, 9.17) is 0 Å². The number of carboxylic acid groups (broad SMARTS) is 1. The third kappa shape index (κ3) is 8.12. The third-order valence-corrected chi connectivity index (χ3v) is 9.07. The molecule has 49 heavy (non-hydrogen) atoms. The first-order valence-electron chi connectivity index (χ1n) is 16.4. The first-order valence-corrected chi connectivity index (χ1v) is 16.4. The van der Waals surface area contributed by atoms with Gasteiger partial charge in [0.25, 0.3) is 5.56 Å². The van der Waals surface area contributed by atoms with E-state index >= 15 is 0 Å². The number of nitrogens with zero attached hydrogens (tertiary/aromatic N) is 3. The summed E-state index contributed by atoms with van der Waals surface area (Å²) in [4.78, 5) is 39.6. The number of hydrogen-bond donors (Lipinski definition) is 2. The minimum Gasteiger partial charge on any atom is -0.481 e. The molecular weight excluding hydrogens is 640 g/mol. The molecule has 8 nitrogen and oxygen atoms in total. The van der Waals surface area contributed by atoms with E-state index in [9.17, 15) is 37.1 Å². The van der Waals surface area contributed by atoms with Crippen LogP contribution >= 0.6 is 0 Å². The molecule has 0 unspecified atom stereocenters. The van der Waals surface area contributed by atoms with Crippen LogP contribution in [0.1, 0.15) is 84.1 Å². The van der Waals surface area contributed by atoms with Gasteiger partial charge in [-0.1, -0.05) is 19.9 Å². The number of amides is 1. The van der Waals surface area contributed by atoms with Crippen LogP contribution in [0.2, 0.25) is 0 Å². The predicted molar refractivity (Wildman–Crippen MR) is 177 cm³/mol. The Hall–Kier alpha value is -4.74. The number of fused-ring (bicyclic) bond motifs is 1. The topological polar surface area (TPSA) is 106 Å². The molecule has 5 rings (SSSR count). The van der Waals surface area contributed by atoms with Crippen LogP contribution in [0.5, 0.6) is 0 Å². The van der Waals surface area contributed by atoms with Crippen LogP contribution in [0, 0.1) is 25.6 Å². The standard InChI is InChI=1S/C37H40F4N4O4/c1-21(2)13-32(45-20-25(9-12-44-11-6-10-42-44)30(18-33(45)46)37(39,40)41)36(49)43-31(19-34(47)48)26-16-24-7-5-8-28(24)29(17-26)35-22(3)14-27(38)15-23(35)4/h6,10-11,14-18,20-21,31-32H,5,7-9,12-13,19H2,1-4H3,(H,43,49)(H,47,48)/t31-,32-/m1/s1. The average Bonchev–Trinajstić information content (AvgIpc) is 3.70. The number of hydrogen-bond acceptors (Lipinski definition) is 4. The molecule has 1 aliphatic carbocycles. The number of rotatable bonds is 12. The van der Waals surface area contributed by atoms with Crippen LogP contribution in [0.25, 0.3) is 11.1 Å². The molecule has 2 aromatic carbocycles. The fourth-order valence-corrected chi connectivity index (χ4v) is 6.94. The number of benzene rings is 2. The van der Waals surface area contributed by atoms with E-state index in [2.05, 4.69) is 10.4 Å². The number of aromatic nitrogens is 3. The summed E-state index contributed by atoms with van der Waals surface area (Å²) < 4.78 is 59.0. The van der Waals surface area contributed by atoms with Crippen molar-refractivity contribution in [3.8, 4) is 11.1 Å². The summed E-state index contributed by atoms with van der Waals surface area (Å²) in [7, 11) is 0. The second-order valence-electron chi connectivity index (χ2n) is 13.3. The smallest absolute Gasteiger partial charge is 0.416 e. The highest BCUT2D eigenvalue weighted by atomic mass is 19.4. The molecular formula is C37H40F4N4O4. The van der Waals surface area contributed by atoms with Gasteiger partial charge in [-0.05, 0) is 121 Å². The average molecular weight is 681 g/mol. The zero-order valence-electron chi connectivity index (χ0n) is 27.9. The zero-order chi connectivity index (χ0) is 35.6.